The lowest BCUT2D eigenvalue weighted by Gasteiger charge is -2.50. The highest BCUT2D eigenvalue weighted by Gasteiger charge is 2.70. The number of hydrogen-bond acceptors (Lipinski definition) is 7. The molecule has 1 saturated carbocycles. The topological polar surface area (TPSA) is 125 Å². The Morgan fingerprint density at radius 3 is 2.44 bits per heavy atom. The van der Waals surface area contributed by atoms with Crippen molar-refractivity contribution in [2.75, 3.05) is 12.5 Å². The van der Waals surface area contributed by atoms with Gasteiger partial charge in [0.1, 0.15) is 5.82 Å². The number of imide groups is 2. The van der Waals surface area contributed by atoms with Gasteiger partial charge in [-0.15, -0.1) is 0 Å². The fraction of sp³-hybridized carbons (Fsp3) is 0.273. The molecule has 0 bridgehead atoms. The Morgan fingerprint density at radius 2 is 1.76 bits per heavy atom. The Hall–Kier alpha value is -4.22. The number of hydrazine groups is 1. The first-order valence-corrected chi connectivity index (χ1v) is 15.5. The van der Waals surface area contributed by atoms with E-state index in [0.717, 1.165) is 5.01 Å². The van der Waals surface area contributed by atoms with Crippen molar-refractivity contribution in [3.63, 3.8) is 0 Å². The number of ether oxygens (including phenoxy) is 1. The van der Waals surface area contributed by atoms with Gasteiger partial charge in [0.05, 0.1) is 36.0 Å². The summed E-state index contributed by atoms with van der Waals surface area (Å²) < 4.78 is 19.8. The van der Waals surface area contributed by atoms with Gasteiger partial charge in [0.25, 0.3) is 11.8 Å². The van der Waals surface area contributed by atoms with Crippen LogP contribution < -0.4 is 15.5 Å². The molecule has 6 unspecified atom stereocenters. The molecule has 4 amide bonds. The zero-order chi connectivity index (χ0) is 31.8. The first-order valence-electron chi connectivity index (χ1n) is 14.3. The number of benzene rings is 3. The average molecular weight is 695 g/mol. The van der Waals surface area contributed by atoms with Gasteiger partial charge in [-0.25, -0.2) is 4.39 Å². The molecule has 3 fully saturated rings. The van der Waals surface area contributed by atoms with Gasteiger partial charge in [-0.3, -0.25) is 29.9 Å². The number of carbonyl (C=O) groups excluding carboxylic acids is 4. The molecule has 2 aliphatic carbocycles. The maximum absolute atomic E-state index is 15.0. The van der Waals surface area contributed by atoms with Crippen LogP contribution in [0, 0.1) is 29.5 Å². The predicted octanol–water partition coefficient (Wildman–Crippen LogP) is 5.23. The van der Waals surface area contributed by atoms with Crippen molar-refractivity contribution in [2.45, 2.75) is 24.2 Å². The Morgan fingerprint density at radius 1 is 1.04 bits per heavy atom. The summed E-state index contributed by atoms with van der Waals surface area (Å²) >= 11 is 9.80. The second-order valence-electron chi connectivity index (χ2n) is 11.8. The molecule has 0 aromatic heterocycles. The number of hydrogen-bond donors (Lipinski definition) is 3. The molecule has 2 aliphatic heterocycles. The average Bonchev–Trinajstić information content (AvgIpc) is 3.43. The van der Waals surface area contributed by atoms with Crippen molar-refractivity contribution in [1.82, 2.24) is 10.3 Å². The molecule has 6 atom stereocenters. The number of phenolic OH excluding ortho intramolecular Hbond substituents is 1. The van der Waals surface area contributed by atoms with Crippen molar-refractivity contribution in [1.29, 1.82) is 0 Å². The van der Waals surface area contributed by atoms with Crippen molar-refractivity contribution >= 4 is 56.8 Å². The number of nitrogens with one attached hydrogen (secondary N) is 2. The van der Waals surface area contributed by atoms with Crippen LogP contribution in [-0.2, 0) is 24.6 Å². The number of halogens is 3. The summed E-state index contributed by atoms with van der Waals surface area (Å²) in [5.41, 5.74) is 3.04. The van der Waals surface area contributed by atoms with E-state index in [2.05, 4.69) is 26.7 Å². The number of anilines is 1. The number of aromatic hydroxyl groups is 1. The fourth-order valence-corrected chi connectivity index (χ4v) is 8.46. The first kappa shape index (κ1) is 29.5. The maximum atomic E-state index is 15.0. The predicted molar refractivity (Wildman–Crippen MR) is 165 cm³/mol. The van der Waals surface area contributed by atoms with Crippen LogP contribution in [0.4, 0.5) is 10.1 Å². The highest BCUT2D eigenvalue weighted by atomic mass is 79.9. The van der Waals surface area contributed by atoms with Crippen LogP contribution in [0.5, 0.6) is 11.5 Å². The number of nitrogens with zero attached hydrogens (tertiary/aromatic N) is 1. The Kier molecular flexibility index (Phi) is 7.01. The molecule has 3 N–H and O–H groups in total. The summed E-state index contributed by atoms with van der Waals surface area (Å²) in [5, 5.41) is 15.5. The minimum absolute atomic E-state index is 0.0882. The first-order chi connectivity index (χ1) is 21.6. The van der Waals surface area contributed by atoms with Crippen LogP contribution in [0.3, 0.4) is 0 Å². The lowest BCUT2D eigenvalue weighted by molar-refractivity contribution is -0.138. The van der Waals surface area contributed by atoms with Crippen molar-refractivity contribution in [3.05, 3.63) is 98.8 Å². The number of methoxy groups -OCH3 is 1. The Labute approximate surface area is 270 Å². The smallest absolute Gasteiger partial charge is 0.260 e. The van der Waals surface area contributed by atoms with Gasteiger partial charge in [-0.1, -0.05) is 51.3 Å². The van der Waals surface area contributed by atoms with Gasteiger partial charge < -0.3 is 9.84 Å². The summed E-state index contributed by atoms with van der Waals surface area (Å²) in [4.78, 5) is 55.5. The minimum Gasteiger partial charge on any atom is -0.504 e. The molecule has 45 heavy (non-hydrogen) atoms. The molecule has 230 valence electrons. The highest BCUT2D eigenvalue weighted by molar-refractivity contribution is 9.10. The third-order valence-electron chi connectivity index (χ3n) is 9.70. The van der Waals surface area contributed by atoms with Gasteiger partial charge in [0.2, 0.25) is 11.8 Å². The number of allylic oxidation sites excluding steroid dienone is 2. The molecule has 12 heteroatoms. The Balaban J connectivity index is 1.51. The third kappa shape index (κ3) is 4.31. The normalized spacial score (nSPS) is 28.7. The van der Waals surface area contributed by atoms with Crippen LogP contribution in [0.2, 0.25) is 5.02 Å². The molecule has 2 saturated heterocycles. The van der Waals surface area contributed by atoms with E-state index in [0.29, 0.717) is 31.9 Å². The van der Waals surface area contributed by atoms with Gasteiger partial charge in [-0.2, -0.15) is 5.01 Å². The Bertz CT molecular complexity index is 1820. The van der Waals surface area contributed by atoms with E-state index in [4.69, 9.17) is 16.3 Å². The number of carbonyl (C=O) groups is 4. The lowest BCUT2D eigenvalue weighted by Crippen LogP contribution is -2.53. The standard InChI is InChI=1S/C33H26BrClFN3O6/c1-45-25-13-16(34)12-23(28(25)40)27-20-10-11-21-26(30(42)37-29(21)41)22(20)14-24-31(43)39(38-19-8-6-18(36)7-9-19)32(44)33(24,27)15-2-4-17(35)5-3-15/h2-10,12-13,21-22,24,26-27,38,40H,11,14H2,1H3,(H,37,41,42). The van der Waals surface area contributed by atoms with E-state index in [9.17, 15) is 23.9 Å². The van der Waals surface area contributed by atoms with E-state index < -0.39 is 58.5 Å². The van der Waals surface area contributed by atoms with Crippen LogP contribution in [-0.4, -0.2) is 40.9 Å². The number of phenols is 1. The largest absolute Gasteiger partial charge is 0.504 e. The molecule has 4 aliphatic rings. The highest BCUT2D eigenvalue weighted by Crippen LogP contribution is 2.65. The number of amides is 4. The molecule has 3 aromatic carbocycles. The quantitative estimate of drug-likeness (QED) is 0.247. The third-order valence-corrected chi connectivity index (χ3v) is 10.4. The summed E-state index contributed by atoms with van der Waals surface area (Å²) in [6.07, 6.45) is 2.21. The van der Waals surface area contributed by atoms with E-state index in [1.165, 1.54) is 31.4 Å². The SMILES string of the molecule is COc1cc(Br)cc(C2C3=CCC4C(=O)NC(=O)C4C3CC3C(=O)N(Nc4ccc(F)cc4)C(=O)C32c2ccc(Cl)cc2)c1O. The number of rotatable bonds is 5. The molecular formula is C33H26BrClFN3O6. The van der Waals surface area contributed by atoms with E-state index in [-0.39, 0.29) is 30.2 Å². The zero-order valence-electron chi connectivity index (χ0n) is 23.7. The zero-order valence-corrected chi connectivity index (χ0v) is 26.1. The van der Waals surface area contributed by atoms with Crippen LogP contribution >= 0.6 is 27.5 Å². The maximum Gasteiger partial charge on any atom is 0.260 e. The van der Waals surface area contributed by atoms with E-state index in [1.807, 2.05) is 6.08 Å². The fourth-order valence-electron chi connectivity index (χ4n) is 7.88. The van der Waals surface area contributed by atoms with Crippen molar-refractivity contribution in [3.8, 4) is 11.5 Å². The van der Waals surface area contributed by atoms with E-state index in [1.54, 1.807) is 36.4 Å². The van der Waals surface area contributed by atoms with Gasteiger partial charge >= 0.3 is 0 Å². The second-order valence-corrected chi connectivity index (χ2v) is 13.1. The molecule has 0 spiro atoms. The minimum atomic E-state index is -1.62. The number of fused-ring (bicyclic) bond motifs is 4. The molecule has 2 heterocycles. The second kappa shape index (κ2) is 10.7. The van der Waals surface area contributed by atoms with Gasteiger partial charge in [-0.05, 0) is 72.9 Å². The summed E-state index contributed by atoms with van der Waals surface area (Å²) in [5.74, 6) is -6.45. The van der Waals surface area contributed by atoms with Crippen LogP contribution in [0.15, 0.2) is 76.8 Å². The van der Waals surface area contributed by atoms with Gasteiger partial charge in [0.15, 0.2) is 11.5 Å². The lowest BCUT2D eigenvalue weighted by atomic mass is 9.49. The summed E-state index contributed by atoms with van der Waals surface area (Å²) in [7, 11) is 1.41. The van der Waals surface area contributed by atoms with Gasteiger partial charge in [0, 0.05) is 21.0 Å². The molecule has 9 nitrogen and oxygen atoms in total. The van der Waals surface area contributed by atoms with Crippen molar-refractivity contribution < 1.29 is 33.4 Å². The summed E-state index contributed by atoms with van der Waals surface area (Å²) in [6.45, 7) is 0. The van der Waals surface area contributed by atoms with E-state index >= 15 is 4.79 Å². The van der Waals surface area contributed by atoms with Crippen LogP contribution in [0.25, 0.3) is 0 Å². The van der Waals surface area contributed by atoms with Crippen molar-refractivity contribution in [2.24, 2.45) is 23.7 Å². The molecule has 3 aromatic rings. The molecule has 7 rings (SSSR count). The molecule has 0 radical (unpaired) electrons. The molecular weight excluding hydrogens is 669 g/mol. The summed E-state index contributed by atoms with van der Waals surface area (Å²) in [6, 6.07) is 15.2. The van der Waals surface area contributed by atoms with Crippen LogP contribution in [0.1, 0.15) is 29.9 Å². The monoisotopic (exact) mass is 693 g/mol.